The number of aromatic nitrogens is 5. The molecule has 0 radical (unpaired) electrons. The molecular formula is C30H30BrN7O3. The van der Waals surface area contributed by atoms with E-state index >= 15 is 0 Å². The highest BCUT2D eigenvalue weighted by molar-refractivity contribution is 9.10. The van der Waals surface area contributed by atoms with Crippen LogP contribution in [0.1, 0.15) is 54.5 Å². The summed E-state index contributed by atoms with van der Waals surface area (Å²) in [5.74, 6) is 0.641. The number of piperidine rings is 2. The van der Waals surface area contributed by atoms with Crippen molar-refractivity contribution < 1.29 is 14.4 Å². The predicted molar refractivity (Wildman–Crippen MR) is 157 cm³/mol. The second-order valence-corrected chi connectivity index (χ2v) is 11.7. The molecule has 4 aromatic rings. The summed E-state index contributed by atoms with van der Waals surface area (Å²) >= 11 is 3.37. The van der Waals surface area contributed by atoms with Crippen molar-refractivity contribution in [3.05, 3.63) is 64.4 Å². The Bertz CT molecular complexity index is 1680. The number of nitrogens with one attached hydrogen (secondary N) is 1. The van der Waals surface area contributed by atoms with Gasteiger partial charge in [0.25, 0.3) is 0 Å². The van der Waals surface area contributed by atoms with Gasteiger partial charge in [-0.1, -0.05) is 12.1 Å². The van der Waals surface area contributed by atoms with Gasteiger partial charge in [-0.05, 0) is 90.7 Å². The van der Waals surface area contributed by atoms with E-state index in [0.717, 1.165) is 42.4 Å². The number of pyridine rings is 1. The maximum atomic E-state index is 13.9. The minimum Gasteiger partial charge on any atom is -0.326 e. The van der Waals surface area contributed by atoms with E-state index in [1.165, 1.54) is 6.92 Å². The fraction of sp³-hybridized carbons (Fsp3) is 0.367. The highest BCUT2D eigenvalue weighted by Crippen LogP contribution is 2.40. The van der Waals surface area contributed by atoms with Crippen LogP contribution in [-0.2, 0) is 16.1 Å². The Morgan fingerprint density at radius 1 is 1.00 bits per heavy atom. The van der Waals surface area contributed by atoms with Crippen LogP contribution in [0.25, 0.3) is 22.0 Å². The largest absolute Gasteiger partial charge is 0.326 e. The molecule has 3 aliphatic rings. The molecule has 2 bridgehead atoms. The number of hydrogen-bond acceptors (Lipinski definition) is 7. The summed E-state index contributed by atoms with van der Waals surface area (Å²) < 4.78 is 2.21. The third kappa shape index (κ3) is 5.14. The molecule has 41 heavy (non-hydrogen) atoms. The molecular weight excluding hydrogens is 586 g/mol. The van der Waals surface area contributed by atoms with Gasteiger partial charge in [0, 0.05) is 36.3 Å². The number of halogens is 1. The Kier molecular flexibility index (Phi) is 7.14. The van der Waals surface area contributed by atoms with Crippen molar-refractivity contribution in [3.63, 3.8) is 0 Å². The number of rotatable bonds is 6. The van der Waals surface area contributed by atoms with Gasteiger partial charge in [0.1, 0.15) is 34.5 Å². The minimum absolute atomic E-state index is 0.0120. The first kappa shape index (κ1) is 27.2. The lowest BCUT2D eigenvalue weighted by atomic mass is 9.74. The highest BCUT2D eigenvalue weighted by Gasteiger charge is 2.47. The fourth-order valence-corrected chi connectivity index (χ4v) is 6.47. The number of aryl methyl sites for hydroxylation is 2. The molecule has 1 N–H and O–H groups in total. The van der Waals surface area contributed by atoms with Gasteiger partial charge < -0.3 is 10.2 Å². The molecule has 0 spiro atoms. The number of anilines is 1. The number of nitrogens with zero attached hydrogens (tertiary/aromatic N) is 6. The first-order valence-corrected chi connectivity index (χ1v) is 14.5. The molecule has 2 saturated heterocycles. The number of fused-ring (bicyclic) bond motifs is 4. The standard InChI is InChI=1S/C30H30BrN7O3/c1-16-4-11-25(31)34-29(16)35-30(41)28-19-5-8-22(9-6-19)38(28)26(40)15-37-24-10-7-20(21-13-32-18(3)33-14-21)12-23(24)27(36-37)17(2)39/h4,7,10-14,19,22,28H,5-6,8-9,15H2,1-3H3,(H,34,35,41). The Balaban J connectivity index is 1.31. The van der Waals surface area contributed by atoms with Crippen LogP contribution in [0, 0.1) is 19.8 Å². The van der Waals surface area contributed by atoms with Crippen LogP contribution in [0.4, 0.5) is 5.82 Å². The summed E-state index contributed by atoms with van der Waals surface area (Å²) in [5.41, 5.74) is 3.50. The summed E-state index contributed by atoms with van der Waals surface area (Å²) in [5, 5.41) is 8.20. The molecule has 2 amide bonds. The topological polar surface area (TPSA) is 123 Å². The minimum atomic E-state index is -0.586. The van der Waals surface area contributed by atoms with Gasteiger partial charge in [-0.15, -0.1) is 0 Å². The smallest absolute Gasteiger partial charge is 0.248 e. The quantitative estimate of drug-likeness (QED) is 0.242. The molecule has 1 saturated carbocycles. The van der Waals surface area contributed by atoms with Crippen molar-refractivity contribution in [1.82, 2.24) is 29.6 Å². The molecule has 1 aromatic carbocycles. The van der Waals surface area contributed by atoms with Crippen LogP contribution >= 0.6 is 15.9 Å². The molecule has 10 nitrogen and oxygen atoms in total. The maximum absolute atomic E-state index is 13.9. The summed E-state index contributed by atoms with van der Waals surface area (Å²) in [4.78, 5) is 54.9. The van der Waals surface area contributed by atoms with Crippen molar-refractivity contribution in [2.45, 2.75) is 65.1 Å². The fourth-order valence-electron chi connectivity index (χ4n) is 6.16. The number of carbonyl (C=O) groups is 3. The highest BCUT2D eigenvalue weighted by atomic mass is 79.9. The van der Waals surface area contributed by atoms with E-state index < -0.39 is 6.04 Å². The van der Waals surface area contributed by atoms with Gasteiger partial charge in [-0.3, -0.25) is 19.1 Å². The molecule has 1 aliphatic carbocycles. The van der Waals surface area contributed by atoms with Gasteiger partial charge in [0.05, 0.1) is 5.52 Å². The van der Waals surface area contributed by atoms with Gasteiger partial charge in [-0.25, -0.2) is 15.0 Å². The lowest BCUT2D eigenvalue weighted by Gasteiger charge is -2.50. The van der Waals surface area contributed by atoms with E-state index in [1.807, 2.05) is 44.2 Å². The maximum Gasteiger partial charge on any atom is 0.248 e. The van der Waals surface area contributed by atoms with Crippen LogP contribution in [0.15, 0.2) is 47.3 Å². The van der Waals surface area contributed by atoms with E-state index in [4.69, 9.17) is 0 Å². The molecule has 1 unspecified atom stereocenters. The third-order valence-corrected chi connectivity index (χ3v) is 8.67. The second-order valence-electron chi connectivity index (χ2n) is 10.9. The van der Waals surface area contributed by atoms with E-state index in [1.54, 1.807) is 22.0 Å². The lowest BCUT2D eigenvalue weighted by molar-refractivity contribution is -0.151. The van der Waals surface area contributed by atoms with Crippen LogP contribution in [0.3, 0.4) is 0 Å². The van der Waals surface area contributed by atoms with Crippen LogP contribution in [0.2, 0.25) is 0 Å². The first-order valence-electron chi connectivity index (χ1n) is 13.8. The van der Waals surface area contributed by atoms with Crippen molar-refractivity contribution in [2.24, 2.45) is 5.92 Å². The molecule has 3 aromatic heterocycles. The SMILES string of the molecule is CC(=O)c1nn(CC(=O)N2C3CCC(CC3)C2C(=O)Nc2nc(Br)ccc2C)c2ccc(-c3cnc(C)nc3)cc12. The molecule has 210 valence electrons. The Morgan fingerprint density at radius 2 is 1.73 bits per heavy atom. The average Bonchev–Trinajstić information content (AvgIpc) is 3.33. The summed E-state index contributed by atoms with van der Waals surface area (Å²) in [7, 11) is 0. The zero-order valence-electron chi connectivity index (χ0n) is 23.1. The summed E-state index contributed by atoms with van der Waals surface area (Å²) in [6.07, 6.45) is 7.03. The monoisotopic (exact) mass is 615 g/mol. The molecule has 2 aliphatic heterocycles. The van der Waals surface area contributed by atoms with E-state index in [0.29, 0.717) is 32.8 Å². The Hall–Kier alpha value is -3.99. The van der Waals surface area contributed by atoms with E-state index in [2.05, 4.69) is 41.3 Å². The molecule has 11 heteroatoms. The summed E-state index contributed by atoms with van der Waals surface area (Å²) in [6.45, 7) is 5.11. The molecule has 7 rings (SSSR count). The third-order valence-electron chi connectivity index (χ3n) is 8.23. The normalized spacial score (nSPS) is 19.9. The van der Waals surface area contributed by atoms with Crippen molar-refractivity contribution >= 4 is 50.2 Å². The van der Waals surface area contributed by atoms with Crippen LogP contribution in [-0.4, -0.2) is 59.3 Å². The van der Waals surface area contributed by atoms with Gasteiger partial charge >= 0.3 is 0 Å². The van der Waals surface area contributed by atoms with Crippen LogP contribution in [0.5, 0.6) is 0 Å². The molecule has 1 atom stereocenters. The average molecular weight is 617 g/mol. The zero-order valence-corrected chi connectivity index (χ0v) is 24.7. The first-order chi connectivity index (χ1) is 19.7. The number of carbonyl (C=O) groups excluding carboxylic acids is 3. The number of Topliss-reactive ketones (excluding diaryl/α,β-unsaturated/α-hetero) is 1. The number of ketones is 1. The van der Waals surface area contributed by atoms with E-state index in [-0.39, 0.29) is 36.1 Å². The zero-order chi connectivity index (χ0) is 28.8. The number of hydrogen-bond donors (Lipinski definition) is 1. The lowest BCUT2D eigenvalue weighted by Crippen LogP contribution is -2.62. The van der Waals surface area contributed by atoms with Crippen molar-refractivity contribution in [2.75, 3.05) is 5.32 Å². The Labute approximate surface area is 245 Å². The van der Waals surface area contributed by atoms with Gasteiger partial charge in [0.15, 0.2) is 5.78 Å². The molecule has 5 heterocycles. The van der Waals surface area contributed by atoms with Crippen LogP contribution < -0.4 is 5.32 Å². The van der Waals surface area contributed by atoms with Crippen molar-refractivity contribution in [3.8, 4) is 11.1 Å². The summed E-state index contributed by atoms with van der Waals surface area (Å²) in [6, 6.07) is 8.78. The molecule has 3 fully saturated rings. The van der Waals surface area contributed by atoms with E-state index in [9.17, 15) is 14.4 Å². The Morgan fingerprint density at radius 3 is 2.44 bits per heavy atom. The van der Waals surface area contributed by atoms with Crippen molar-refractivity contribution in [1.29, 1.82) is 0 Å². The van der Waals surface area contributed by atoms with Gasteiger partial charge in [0.2, 0.25) is 11.8 Å². The van der Waals surface area contributed by atoms with Gasteiger partial charge in [-0.2, -0.15) is 5.10 Å². The number of benzene rings is 1. The predicted octanol–water partition coefficient (Wildman–Crippen LogP) is 4.88. The number of amides is 2. The second kappa shape index (κ2) is 10.8.